The minimum Gasteiger partial charge on any atom is -0.489 e. The molecule has 2 saturated carbocycles. The van der Waals surface area contributed by atoms with Crippen molar-refractivity contribution in [3.8, 4) is 22.6 Å². The molecular weight excluding hydrogens is 498 g/mol. The average Bonchev–Trinajstić information content (AvgIpc) is 3.67. The summed E-state index contributed by atoms with van der Waals surface area (Å²) < 4.78 is 36.6. The van der Waals surface area contributed by atoms with Crippen molar-refractivity contribution in [2.45, 2.75) is 77.4 Å². The van der Waals surface area contributed by atoms with Gasteiger partial charge in [0, 0.05) is 0 Å². The van der Waals surface area contributed by atoms with Gasteiger partial charge in [0.05, 0.1) is 6.42 Å². The second kappa shape index (κ2) is 11.4. The molecule has 2 aliphatic carbocycles. The van der Waals surface area contributed by atoms with Crippen LogP contribution < -0.4 is 9.47 Å². The van der Waals surface area contributed by atoms with E-state index in [4.69, 9.17) is 4.74 Å². The van der Waals surface area contributed by atoms with Crippen molar-refractivity contribution < 1.29 is 28.2 Å². The van der Waals surface area contributed by atoms with Crippen LogP contribution in [0.15, 0.2) is 66.7 Å². The summed E-state index contributed by atoms with van der Waals surface area (Å²) in [6, 6.07) is 21.1. The van der Waals surface area contributed by atoms with Gasteiger partial charge in [-0.1, -0.05) is 62.7 Å². The van der Waals surface area contributed by atoms with E-state index in [1.165, 1.54) is 5.56 Å². The van der Waals surface area contributed by atoms with Gasteiger partial charge >= 0.3 is 12.6 Å². The number of aliphatic carboxylic acids is 1. The predicted molar refractivity (Wildman–Crippen MR) is 147 cm³/mol. The molecule has 5 rings (SSSR count). The van der Waals surface area contributed by atoms with E-state index in [0.717, 1.165) is 60.1 Å². The molecule has 2 aliphatic rings. The maximum atomic E-state index is 12.9. The zero-order valence-electron chi connectivity index (χ0n) is 22.5. The highest BCUT2D eigenvalue weighted by atomic mass is 19.3. The van der Waals surface area contributed by atoms with Gasteiger partial charge in [-0.3, -0.25) is 4.79 Å². The molecule has 0 spiro atoms. The van der Waals surface area contributed by atoms with Crippen LogP contribution in [-0.2, 0) is 11.4 Å². The third-order valence-electron chi connectivity index (χ3n) is 8.40. The van der Waals surface area contributed by atoms with Crippen LogP contribution in [0, 0.1) is 11.3 Å². The number of alkyl halides is 2. The number of hydrogen-bond acceptors (Lipinski definition) is 3. The van der Waals surface area contributed by atoms with E-state index in [0.29, 0.717) is 18.4 Å². The van der Waals surface area contributed by atoms with Crippen molar-refractivity contribution in [3.63, 3.8) is 0 Å². The Kier molecular flexibility index (Phi) is 7.92. The molecule has 0 heterocycles. The van der Waals surface area contributed by atoms with Crippen LogP contribution >= 0.6 is 0 Å². The van der Waals surface area contributed by atoms with Crippen LogP contribution in [0.5, 0.6) is 11.5 Å². The molecule has 0 aromatic heterocycles. The Balaban J connectivity index is 1.41. The second-order valence-electron chi connectivity index (χ2n) is 11.7. The molecule has 3 aromatic rings. The number of ether oxygens (including phenoxy) is 2. The van der Waals surface area contributed by atoms with Crippen molar-refractivity contribution in [1.82, 2.24) is 0 Å². The van der Waals surface area contributed by atoms with E-state index in [-0.39, 0.29) is 23.5 Å². The quantitative estimate of drug-likeness (QED) is 0.267. The smallest absolute Gasteiger partial charge is 0.387 e. The summed E-state index contributed by atoms with van der Waals surface area (Å²) in [5.74, 6) is 0.904. The summed E-state index contributed by atoms with van der Waals surface area (Å²) >= 11 is 0. The highest BCUT2D eigenvalue weighted by Gasteiger charge is 2.37. The normalized spacial score (nSPS) is 19.2. The lowest BCUT2D eigenvalue weighted by Crippen LogP contribution is -2.16. The van der Waals surface area contributed by atoms with Crippen molar-refractivity contribution in [1.29, 1.82) is 0 Å². The standard InChI is InChI=1S/C33H36F2O4/c1-33(2)15-5-10-30(33)29-16-21(11-14-27(29)23-6-4-9-26(18-23)39-32(34)35)20-38-25-8-3-7-24(17-25)28(19-31(36)37)22-12-13-22/h3-4,6-9,11,14,16-18,22,28,30,32H,5,10,12-13,15,19-20H2,1-2H3,(H,36,37)/t28-,30-/m1/s1. The maximum Gasteiger partial charge on any atom is 0.387 e. The maximum absolute atomic E-state index is 12.9. The first-order valence-corrected chi connectivity index (χ1v) is 13.8. The van der Waals surface area contributed by atoms with Crippen molar-refractivity contribution in [2.75, 3.05) is 0 Å². The zero-order valence-corrected chi connectivity index (χ0v) is 22.5. The second-order valence-corrected chi connectivity index (χ2v) is 11.7. The van der Waals surface area contributed by atoms with Crippen LogP contribution in [0.1, 0.15) is 80.9 Å². The van der Waals surface area contributed by atoms with E-state index in [1.54, 1.807) is 18.2 Å². The van der Waals surface area contributed by atoms with Gasteiger partial charge in [-0.05, 0) is 101 Å². The molecule has 39 heavy (non-hydrogen) atoms. The average molecular weight is 535 g/mol. The van der Waals surface area contributed by atoms with Crippen LogP contribution in [0.4, 0.5) is 8.78 Å². The van der Waals surface area contributed by atoms with Gasteiger partial charge in [-0.25, -0.2) is 0 Å². The third kappa shape index (κ3) is 6.60. The monoisotopic (exact) mass is 534 g/mol. The lowest BCUT2D eigenvalue weighted by atomic mass is 9.75. The Bertz CT molecular complexity index is 1310. The van der Waals surface area contributed by atoms with Gasteiger partial charge in [0.25, 0.3) is 0 Å². The zero-order chi connectivity index (χ0) is 27.6. The first-order chi connectivity index (χ1) is 18.7. The molecule has 0 radical (unpaired) electrons. The first kappa shape index (κ1) is 27.2. The molecule has 206 valence electrons. The Labute approximate surface area is 229 Å². The summed E-state index contributed by atoms with van der Waals surface area (Å²) in [6.07, 6.45) is 5.65. The molecule has 2 fully saturated rings. The van der Waals surface area contributed by atoms with Crippen molar-refractivity contribution in [3.05, 3.63) is 83.4 Å². The number of benzene rings is 3. The fourth-order valence-electron chi connectivity index (χ4n) is 6.24. The van der Waals surface area contributed by atoms with E-state index >= 15 is 0 Å². The largest absolute Gasteiger partial charge is 0.489 e. The van der Waals surface area contributed by atoms with E-state index in [1.807, 2.05) is 36.4 Å². The van der Waals surface area contributed by atoms with Gasteiger partial charge in [0.1, 0.15) is 18.1 Å². The van der Waals surface area contributed by atoms with Crippen LogP contribution in [-0.4, -0.2) is 17.7 Å². The topological polar surface area (TPSA) is 55.8 Å². The van der Waals surface area contributed by atoms with Crippen LogP contribution in [0.25, 0.3) is 11.1 Å². The lowest BCUT2D eigenvalue weighted by Gasteiger charge is -2.30. The van der Waals surface area contributed by atoms with Crippen molar-refractivity contribution >= 4 is 5.97 Å². The van der Waals surface area contributed by atoms with Gasteiger partial charge in [-0.2, -0.15) is 8.78 Å². The van der Waals surface area contributed by atoms with E-state index in [2.05, 4.69) is 30.7 Å². The minimum atomic E-state index is -2.87. The van der Waals surface area contributed by atoms with Gasteiger partial charge in [0.2, 0.25) is 0 Å². The highest BCUT2D eigenvalue weighted by molar-refractivity contribution is 5.70. The molecule has 0 saturated heterocycles. The number of halogens is 2. The van der Waals surface area contributed by atoms with Crippen molar-refractivity contribution in [2.24, 2.45) is 11.3 Å². The van der Waals surface area contributed by atoms with E-state index < -0.39 is 12.6 Å². The molecule has 0 unspecified atom stereocenters. The summed E-state index contributed by atoms with van der Waals surface area (Å²) in [4.78, 5) is 11.4. The summed E-state index contributed by atoms with van der Waals surface area (Å²) in [6.45, 7) is 2.11. The number of hydrogen-bond donors (Lipinski definition) is 1. The third-order valence-corrected chi connectivity index (χ3v) is 8.40. The number of carboxylic acid groups (broad SMARTS) is 1. The summed E-state index contributed by atoms with van der Waals surface area (Å²) in [5.41, 5.74) is 5.27. The number of rotatable bonds is 11. The Hall–Kier alpha value is -3.41. The molecule has 2 atom stereocenters. The number of carbonyl (C=O) groups is 1. The fraction of sp³-hybridized carbons (Fsp3) is 0.424. The molecule has 6 heteroatoms. The summed E-state index contributed by atoms with van der Waals surface area (Å²) in [7, 11) is 0. The minimum absolute atomic E-state index is 0.0198. The lowest BCUT2D eigenvalue weighted by molar-refractivity contribution is -0.137. The summed E-state index contributed by atoms with van der Waals surface area (Å²) in [5, 5.41) is 9.38. The Morgan fingerprint density at radius 1 is 1.00 bits per heavy atom. The Morgan fingerprint density at radius 3 is 2.46 bits per heavy atom. The van der Waals surface area contributed by atoms with Crippen LogP contribution in [0.2, 0.25) is 0 Å². The molecule has 0 amide bonds. The van der Waals surface area contributed by atoms with E-state index in [9.17, 15) is 18.7 Å². The molecular formula is C33H36F2O4. The fourth-order valence-corrected chi connectivity index (χ4v) is 6.24. The Morgan fingerprint density at radius 2 is 1.77 bits per heavy atom. The van der Waals surface area contributed by atoms with Gasteiger partial charge in [-0.15, -0.1) is 0 Å². The molecule has 4 nitrogen and oxygen atoms in total. The van der Waals surface area contributed by atoms with Gasteiger partial charge < -0.3 is 14.6 Å². The number of carboxylic acids is 1. The molecule has 0 aliphatic heterocycles. The van der Waals surface area contributed by atoms with Gasteiger partial charge in [0.15, 0.2) is 0 Å². The first-order valence-electron chi connectivity index (χ1n) is 13.8. The predicted octanol–water partition coefficient (Wildman–Crippen LogP) is 8.80. The van der Waals surface area contributed by atoms with Crippen LogP contribution in [0.3, 0.4) is 0 Å². The highest BCUT2D eigenvalue weighted by Crippen LogP contribution is 2.51. The molecule has 1 N–H and O–H groups in total. The molecule has 3 aromatic carbocycles. The molecule has 0 bridgehead atoms. The SMILES string of the molecule is CC1(C)CCC[C@@H]1c1cc(COc2cccc([C@H](CC(=O)O)C3CC3)c2)ccc1-c1cccc(OC(F)F)c1.